The summed E-state index contributed by atoms with van der Waals surface area (Å²) in [6, 6.07) is 4.31. The number of nitrogens with zero attached hydrogens (tertiary/aromatic N) is 5. The van der Waals surface area contributed by atoms with Crippen LogP contribution in [0.3, 0.4) is 0 Å². The molecule has 1 saturated carbocycles. The molecule has 9 heteroatoms. The van der Waals surface area contributed by atoms with E-state index in [0.717, 1.165) is 12.8 Å². The minimum absolute atomic E-state index is 0.0554. The van der Waals surface area contributed by atoms with Gasteiger partial charge in [0, 0.05) is 19.1 Å². The quantitative estimate of drug-likeness (QED) is 0.526. The van der Waals surface area contributed by atoms with Gasteiger partial charge in [-0.2, -0.15) is 4.98 Å². The summed E-state index contributed by atoms with van der Waals surface area (Å²) in [5.41, 5.74) is 1.38. The van der Waals surface area contributed by atoms with Crippen molar-refractivity contribution in [2.24, 2.45) is 0 Å². The second-order valence-corrected chi connectivity index (χ2v) is 7.38. The third-order valence-corrected chi connectivity index (χ3v) is 5.39. The zero-order valence-electron chi connectivity index (χ0n) is 15.5. The van der Waals surface area contributed by atoms with Crippen molar-refractivity contribution < 1.29 is 13.7 Å². The second kappa shape index (κ2) is 5.96. The average molecular weight is 383 g/mol. The van der Waals surface area contributed by atoms with Crippen molar-refractivity contribution in [3.63, 3.8) is 0 Å². The Morgan fingerprint density at radius 3 is 2.89 bits per heavy atom. The van der Waals surface area contributed by atoms with Crippen molar-refractivity contribution in [1.82, 2.24) is 24.1 Å². The molecule has 0 bridgehead atoms. The van der Waals surface area contributed by atoms with Crippen molar-refractivity contribution in [1.29, 1.82) is 0 Å². The van der Waals surface area contributed by atoms with Crippen LogP contribution in [0.1, 0.15) is 25.6 Å². The van der Waals surface area contributed by atoms with Crippen molar-refractivity contribution >= 4 is 16.6 Å². The van der Waals surface area contributed by atoms with E-state index in [9.17, 15) is 9.18 Å². The summed E-state index contributed by atoms with van der Waals surface area (Å²) in [7, 11) is 1.55. The van der Waals surface area contributed by atoms with E-state index in [-0.39, 0.29) is 23.4 Å². The van der Waals surface area contributed by atoms with Crippen LogP contribution in [0.15, 0.2) is 33.8 Å². The molecule has 0 amide bonds. The summed E-state index contributed by atoms with van der Waals surface area (Å²) in [5, 5.41) is 4.07. The van der Waals surface area contributed by atoms with Gasteiger partial charge in [-0.25, -0.2) is 9.37 Å². The van der Waals surface area contributed by atoms with Crippen molar-refractivity contribution in [3.05, 3.63) is 46.5 Å². The van der Waals surface area contributed by atoms with Crippen LogP contribution in [0.5, 0.6) is 0 Å². The van der Waals surface area contributed by atoms with Gasteiger partial charge in [-0.15, -0.1) is 0 Å². The van der Waals surface area contributed by atoms with Crippen molar-refractivity contribution in [3.8, 4) is 11.6 Å². The van der Waals surface area contributed by atoms with Crippen LogP contribution in [0, 0.1) is 5.82 Å². The summed E-state index contributed by atoms with van der Waals surface area (Å²) >= 11 is 0. The van der Waals surface area contributed by atoms with E-state index in [4.69, 9.17) is 9.26 Å². The Hall–Kier alpha value is -3.07. The fraction of sp³-hybridized carbons (Fsp3) is 0.368. The van der Waals surface area contributed by atoms with E-state index in [2.05, 4.69) is 22.0 Å². The predicted octanol–water partition coefficient (Wildman–Crippen LogP) is 2.54. The van der Waals surface area contributed by atoms with Crippen LogP contribution >= 0.6 is 0 Å². The molecule has 28 heavy (non-hydrogen) atoms. The lowest BCUT2D eigenvalue weighted by Crippen LogP contribution is -2.25. The summed E-state index contributed by atoms with van der Waals surface area (Å²) < 4.78 is 27.5. The van der Waals surface area contributed by atoms with E-state index >= 15 is 0 Å². The first-order valence-corrected chi connectivity index (χ1v) is 9.04. The molecule has 1 aliphatic carbocycles. The number of benzene rings is 1. The monoisotopic (exact) mass is 383 g/mol. The first-order valence-electron chi connectivity index (χ1n) is 9.04. The number of ether oxygens (including phenoxy) is 1. The Bertz CT molecular complexity index is 1270. The lowest BCUT2D eigenvalue weighted by molar-refractivity contribution is 0.187. The second-order valence-electron chi connectivity index (χ2n) is 7.38. The van der Waals surface area contributed by atoms with Gasteiger partial charge < -0.3 is 13.8 Å². The van der Waals surface area contributed by atoms with Gasteiger partial charge in [0.2, 0.25) is 0 Å². The summed E-state index contributed by atoms with van der Waals surface area (Å²) in [6.07, 6.45) is 3.54. The molecule has 5 rings (SSSR count). The van der Waals surface area contributed by atoms with Gasteiger partial charge in [0.05, 0.1) is 17.6 Å². The van der Waals surface area contributed by atoms with E-state index in [1.165, 1.54) is 23.0 Å². The first kappa shape index (κ1) is 17.1. The highest BCUT2D eigenvalue weighted by molar-refractivity contribution is 5.83. The number of methoxy groups -OCH3 is 1. The van der Waals surface area contributed by atoms with Crippen LogP contribution in [0.25, 0.3) is 28.1 Å². The lowest BCUT2D eigenvalue weighted by Gasteiger charge is -2.12. The zero-order valence-corrected chi connectivity index (χ0v) is 15.5. The molecule has 1 aromatic carbocycles. The number of imidazole rings is 1. The van der Waals surface area contributed by atoms with Crippen LogP contribution in [0.2, 0.25) is 0 Å². The topological polar surface area (TPSA) is 87.5 Å². The number of halogens is 1. The average Bonchev–Trinajstić information content (AvgIpc) is 3.11. The zero-order chi connectivity index (χ0) is 19.5. The van der Waals surface area contributed by atoms with Gasteiger partial charge in [0.15, 0.2) is 11.5 Å². The highest BCUT2D eigenvalue weighted by atomic mass is 19.1. The third-order valence-electron chi connectivity index (χ3n) is 5.39. The SMILES string of the molecule is COCCn1c(=O)c2c(-c3nc(C4(C)CC4)no3)ncn2c2ccc(F)cc21. The van der Waals surface area contributed by atoms with Crippen molar-refractivity contribution in [2.45, 2.75) is 31.7 Å². The molecular formula is C19H18FN5O3. The maximum absolute atomic E-state index is 13.9. The molecular weight excluding hydrogens is 365 g/mol. The molecule has 1 fully saturated rings. The molecule has 0 unspecified atom stereocenters. The molecule has 4 aromatic rings. The predicted molar refractivity (Wildman–Crippen MR) is 98.7 cm³/mol. The van der Waals surface area contributed by atoms with Crippen LogP contribution in [-0.4, -0.2) is 37.8 Å². The minimum atomic E-state index is -0.419. The highest BCUT2D eigenvalue weighted by Crippen LogP contribution is 2.46. The van der Waals surface area contributed by atoms with E-state index in [0.29, 0.717) is 34.7 Å². The van der Waals surface area contributed by atoms with Gasteiger partial charge in [0.25, 0.3) is 11.4 Å². The van der Waals surface area contributed by atoms with E-state index < -0.39 is 5.82 Å². The van der Waals surface area contributed by atoms with Crippen LogP contribution < -0.4 is 5.56 Å². The number of fused-ring (bicyclic) bond motifs is 3. The fourth-order valence-electron chi connectivity index (χ4n) is 3.43. The fourth-order valence-corrected chi connectivity index (χ4v) is 3.43. The van der Waals surface area contributed by atoms with E-state index in [1.807, 2.05) is 0 Å². The summed E-state index contributed by atoms with van der Waals surface area (Å²) in [6.45, 7) is 2.67. The number of rotatable bonds is 5. The van der Waals surface area contributed by atoms with Gasteiger partial charge in [-0.1, -0.05) is 12.1 Å². The molecule has 0 atom stereocenters. The number of aromatic nitrogens is 5. The Morgan fingerprint density at radius 1 is 1.32 bits per heavy atom. The van der Waals surface area contributed by atoms with E-state index in [1.54, 1.807) is 17.6 Å². The molecule has 1 aliphatic rings. The molecule has 0 N–H and O–H groups in total. The smallest absolute Gasteiger partial charge is 0.279 e. The Morgan fingerprint density at radius 2 is 2.14 bits per heavy atom. The third kappa shape index (κ3) is 2.46. The molecule has 0 aliphatic heterocycles. The number of hydrogen-bond acceptors (Lipinski definition) is 6. The van der Waals surface area contributed by atoms with Gasteiger partial charge in [-0.05, 0) is 31.0 Å². The normalized spacial score (nSPS) is 15.5. The standard InChI is InChI=1S/C19H18FN5O3/c1-19(5-6-19)18-22-16(28-23-18)14-15-17(26)24(7-8-27-2)13-9-11(20)3-4-12(13)25(15)10-21-14/h3-4,9-10H,5-8H2,1-2H3. The maximum Gasteiger partial charge on any atom is 0.279 e. The minimum Gasteiger partial charge on any atom is -0.383 e. The molecule has 144 valence electrons. The maximum atomic E-state index is 13.9. The Labute approximate surface area is 158 Å². The molecule has 0 radical (unpaired) electrons. The molecule has 0 saturated heterocycles. The van der Waals surface area contributed by atoms with Crippen molar-refractivity contribution in [2.75, 3.05) is 13.7 Å². The Kier molecular flexibility index (Phi) is 3.63. The molecule has 3 heterocycles. The van der Waals surface area contributed by atoms with Crippen LogP contribution in [0.4, 0.5) is 4.39 Å². The molecule has 8 nitrogen and oxygen atoms in total. The summed E-state index contributed by atoms with van der Waals surface area (Å²) in [4.78, 5) is 22.1. The first-order chi connectivity index (χ1) is 13.5. The lowest BCUT2D eigenvalue weighted by atomic mass is 10.1. The molecule has 3 aromatic heterocycles. The van der Waals surface area contributed by atoms with Gasteiger partial charge in [0.1, 0.15) is 17.7 Å². The number of hydrogen-bond donors (Lipinski definition) is 0. The van der Waals surface area contributed by atoms with Gasteiger partial charge in [-0.3, -0.25) is 9.20 Å². The Balaban J connectivity index is 1.77. The highest BCUT2D eigenvalue weighted by Gasteiger charge is 2.43. The molecule has 0 spiro atoms. The van der Waals surface area contributed by atoms with Gasteiger partial charge >= 0.3 is 0 Å². The summed E-state index contributed by atoms with van der Waals surface area (Å²) in [5.74, 6) is 0.422. The van der Waals surface area contributed by atoms with Crippen LogP contribution in [-0.2, 0) is 16.7 Å². The largest absolute Gasteiger partial charge is 0.383 e.